The number of nitrogens with zero attached hydrogens (tertiary/aromatic N) is 2. The van der Waals surface area contributed by atoms with Gasteiger partial charge in [-0.05, 0) is 12.3 Å². The summed E-state index contributed by atoms with van der Waals surface area (Å²) in [7, 11) is 0. The molecule has 0 bridgehead atoms. The van der Waals surface area contributed by atoms with E-state index < -0.39 is 5.97 Å². The lowest BCUT2D eigenvalue weighted by molar-refractivity contribution is -0.137. The van der Waals surface area contributed by atoms with E-state index in [-0.39, 0.29) is 31.6 Å². The number of amides is 2. The molecule has 0 unspecified atom stereocenters. The van der Waals surface area contributed by atoms with E-state index >= 15 is 0 Å². The van der Waals surface area contributed by atoms with Gasteiger partial charge in [0.25, 0.3) is 0 Å². The molecule has 2 amide bonds. The molecule has 0 heterocycles. The van der Waals surface area contributed by atoms with Gasteiger partial charge in [-0.2, -0.15) is 0 Å². The van der Waals surface area contributed by atoms with Gasteiger partial charge in [0.1, 0.15) is 6.54 Å². The van der Waals surface area contributed by atoms with Crippen LogP contribution in [0.15, 0.2) is 0 Å². The average molecular weight is 260 g/mol. The minimum absolute atomic E-state index is 0.117. The van der Waals surface area contributed by atoms with Crippen LogP contribution in [0, 0.1) is 5.92 Å². The van der Waals surface area contributed by atoms with Crippen molar-refractivity contribution in [1.82, 2.24) is 9.80 Å². The second-order valence-corrected chi connectivity index (χ2v) is 4.66. The first-order valence-corrected chi connectivity index (χ1v) is 6.28. The zero-order valence-electron chi connectivity index (χ0n) is 11.4. The molecule has 0 aliphatic rings. The summed E-state index contributed by atoms with van der Waals surface area (Å²) in [6.45, 7) is 6.53. The molecule has 18 heavy (non-hydrogen) atoms. The Labute approximate surface area is 108 Å². The number of rotatable bonds is 8. The molecule has 106 valence electrons. The quantitative estimate of drug-likeness (QED) is 0.678. The molecule has 0 aromatic carbocycles. The summed E-state index contributed by atoms with van der Waals surface area (Å²) in [5.74, 6) is -0.824. The highest BCUT2D eigenvalue weighted by molar-refractivity contribution is 5.80. The third kappa shape index (κ3) is 6.44. The lowest BCUT2D eigenvalue weighted by Gasteiger charge is -2.30. The fourth-order valence-corrected chi connectivity index (χ4v) is 1.71. The number of carbonyl (C=O) groups excluding carboxylic acids is 1. The molecule has 0 spiro atoms. The van der Waals surface area contributed by atoms with Gasteiger partial charge in [-0.15, -0.1) is 0 Å². The molecule has 6 heteroatoms. The van der Waals surface area contributed by atoms with Crippen LogP contribution in [0.1, 0.15) is 27.2 Å². The Morgan fingerprint density at radius 3 is 2.17 bits per heavy atom. The van der Waals surface area contributed by atoms with Crippen molar-refractivity contribution in [3.63, 3.8) is 0 Å². The third-order valence-electron chi connectivity index (χ3n) is 2.32. The summed E-state index contributed by atoms with van der Waals surface area (Å²) in [5, 5.41) is 17.8. The van der Waals surface area contributed by atoms with Gasteiger partial charge in [0.15, 0.2) is 0 Å². The van der Waals surface area contributed by atoms with Crippen molar-refractivity contribution in [2.75, 3.05) is 32.8 Å². The number of hydrogen-bond acceptors (Lipinski definition) is 3. The standard InChI is InChI=1S/C12H24N2O4/c1-4-5-13(6-7-15)12(18)14(8-10(2)3)9-11(16)17/h10,15H,4-9H2,1-3H3,(H,16,17). The van der Waals surface area contributed by atoms with E-state index in [9.17, 15) is 9.59 Å². The summed E-state index contributed by atoms with van der Waals surface area (Å²) in [6, 6.07) is -0.318. The Morgan fingerprint density at radius 1 is 1.17 bits per heavy atom. The Bertz CT molecular complexity index is 263. The maximum Gasteiger partial charge on any atom is 0.323 e. The molecule has 2 N–H and O–H groups in total. The molecule has 0 rings (SSSR count). The Balaban J connectivity index is 4.71. The van der Waals surface area contributed by atoms with Gasteiger partial charge in [-0.1, -0.05) is 20.8 Å². The van der Waals surface area contributed by atoms with Crippen molar-refractivity contribution in [2.45, 2.75) is 27.2 Å². The van der Waals surface area contributed by atoms with Gasteiger partial charge in [0.05, 0.1) is 6.61 Å². The van der Waals surface area contributed by atoms with Gasteiger partial charge in [-0.25, -0.2) is 4.79 Å². The minimum atomic E-state index is -1.02. The zero-order chi connectivity index (χ0) is 14.1. The number of urea groups is 1. The van der Waals surface area contributed by atoms with Crippen molar-refractivity contribution in [3.8, 4) is 0 Å². The summed E-state index contributed by atoms with van der Waals surface area (Å²) in [5.41, 5.74) is 0. The molecule has 0 fully saturated rings. The number of aliphatic carboxylic acids is 1. The minimum Gasteiger partial charge on any atom is -0.480 e. The summed E-state index contributed by atoms with van der Waals surface area (Å²) < 4.78 is 0. The highest BCUT2D eigenvalue weighted by Gasteiger charge is 2.22. The van der Waals surface area contributed by atoms with Gasteiger partial charge in [-0.3, -0.25) is 4.79 Å². The fraction of sp³-hybridized carbons (Fsp3) is 0.833. The molecule has 0 aliphatic carbocycles. The Morgan fingerprint density at radius 2 is 1.78 bits per heavy atom. The zero-order valence-corrected chi connectivity index (χ0v) is 11.4. The van der Waals surface area contributed by atoms with Crippen molar-refractivity contribution in [1.29, 1.82) is 0 Å². The van der Waals surface area contributed by atoms with Crippen molar-refractivity contribution in [2.24, 2.45) is 5.92 Å². The number of carbonyl (C=O) groups is 2. The van der Waals surface area contributed by atoms with E-state index in [1.54, 1.807) is 0 Å². The van der Waals surface area contributed by atoms with Crippen LogP contribution in [0.25, 0.3) is 0 Å². The molecule has 6 nitrogen and oxygen atoms in total. The number of carboxylic acid groups (broad SMARTS) is 1. The van der Waals surface area contributed by atoms with Crippen LogP contribution in [0.2, 0.25) is 0 Å². The van der Waals surface area contributed by atoms with Crippen LogP contribution in [-0.2, 0) is 4.79 Å². The number of aliphatic hydroxyl groups excluding tert-OH is 1. The molecule has 0 aliphatic heterocycles. The molecule has 0 atom stereocenters. The molecular weight excluding hydrogens is 236 g/mol. The van der Waals surface area contributed by atoms with Gasteiger partial charge in [0.2, 0.25) is 0 Å². The predicted octanol–water partition coefficient (Wildman–Crippen LogP) is 0.853. The normalized spacial score (nSPS) is 10.5. The van der Waals surface area contributed by atoms with Crippen LogP contribution in [0.5, 0.6) is 0 Å². The average Bonchev–Trinajstić information content (AvgIpc) is 2.25. The van der Waals surface area contributed by atoms with Crippen LogP contribution in [-0.4, -0.2) is 64.8 Å². The fourth-order valence-electron chi connectivity index (χ4n) is 1.71. The monoisotopic (exact) mass is 260 g/mol. The number of aliphatic hydroxyl groups is 1. The lowest BCUT2D eigenvalue weighted by Crippen LogP contribution is -2.47. The Hall–Kier alpha value is -1.30. The van der Waals surface area contributed by atoms with Crippen LogP contribution in [0.4, 0.5) is 4.79 Å². The SMILES string of the molecule is CCCN(CCO)C(=O)N(CC(=O)O)CC(C)C. The molecule has 0 saturated carbocycles. The van der Waals surface area contributed by atoms with Gasteiger partial charge in [0, 0.05) is 19.6 Å². The molecule has 0 radical (unpaired) electrons. The largest absolute Gasteiger partial charge is 0.480 e. The predicted molar refractivity (Wildman–Crippen MR) is 68.4 cm³/mol. The van der Waals surface area contributed by atoms with Crippen LogP contribution in [0.3, 0.4) is 0 Å². The molecule has 0 aromatic heterocycles. The second-order valence-electron chi connectivity index (χ2n) is 4.66. The first-order chi connectivity index (χ1) is 8.42. The van der Waals surface area contributed by atoms with Crippen molar-refractivity contribution in [3.05, 3.63) is 0 Å². The van der Waals surface area contributed by atoms with Crippen molar-refractivity contribution < 1.29 is 19.8 Å². The van der Waals surface area contributed by atoms with E-state index in [1.165, 1.54) is 9.80 Å². The third-order valence-corrected chi connectivity index (χ3v) is 2.32. The highest BCUT2D eigenvalue weighted by atomic mass is 16.4. The van der Waals surface area contributed by atoms with E-state index in [0.29, 0.717) is 13.1 Å². The summed E-state index contributed by atoms with van der Waals surface area (Å²) >= 11 is 0. The maximum atomic E-state index is 12.2. The van der Waals surface area contributed by atoms with Gasteiger partial charge >= 0.3 is 12.0 Å². The topological polar surface area (TPSA) is 81.1 Å². The second kappa shape index (κ2) is 8.74. The first-order valence-electron chi connectivity index (χ1n) is 6.28. The van der Waals surface area contributed by atoms with E-state index in [2.05, 4.69) is 0 Å². The van der Waals surface area contributed by atoms with Crippen molar-refractivity contribution >= 4 is 12.0 Å². The van der Waals surface area contributed by atoms with Crippen LogP contribution >= 0.6 is 0 Å². The first kappa shape index (κ1) is 16.7. The molecule has 0 saturated heterocycles. The number of hydrogen-bond donors (Lipinski definition) is 2. The molecular formula is C12H24N2O4. The Kier molecular flexibility index (Phi) is 8.11. The van der Waals surface area contributed by atoms with E-state index in [4.69, 9.17) is 10.2 Å². The van der Waals surface area contributed by atoms with E-state index in [1.807, 2.05) is 20.8 Å². The highest BCUT2D eigenvalue weighted by Crippen LogP contribution is 2.05. The van der Waals surface area contributed by atoms with Crippen LogP contribution < -0.4 is 0 Å². The van der Waals surface area contributed by atoms with Gasteiger partial charge < -0.3 is 20.0 Å². The number of carboxylic acids is 1. The molecule has 0 aromatic rings. The lowest BCUT2D eigenvalue weighted by atomic mass is 10.2. The van der Waals surface area contributed by atoms with E-state index in [0.717, 1.165) is 6.42 Å². The smallest absolute Gasteiger partial charge is 0.323 e. The maximum absolute atomic E-state index is 12.2. The summed E-state index contributed by atoms with van der Waals surface area (Å²) in [4.78, 5) is 25.8. The summed E-state index contributed by atoms with van der Waals surface area (Å²) in [6.07, 6.45) is 0.772.